The van der Waals surface area contributed by atoms with E-state index in [0.29, 0.717) is 12.4 Å². The maximum Gasteiger partial charge on any atom is 0.151 e. The number of rotatable bonds is 1. The third-order valence-corrected chi connectivity index (χ3v) is 1.55. The number of aldehydes is 1. The second-order valence-corrected chi connectivity index (χ2v) is 2.29. The van der Waals surface area contributed by atoms with Crippen molar-refractivity contribution in [3.63, 3.8) is 0 Å². The summed E-state index contributed by atoms with van der Waals surface area (Å²) in [5.74, 6) is -1.73. The first-order chi connectivity index (χ1) is 5.15. The smallest absolute Gasteiger partial charge is 0.151 e. The molecule has 0 saturated heterocycles. The van der Waals surface area contributed by atoms with Gasteiger partial charge in [0.05, 0.1) is 5.02 Å². The number of benzene rings is 1. The lowest BCUT2D eigenvalue weighted by atomic mass is 10.2. The van der Waals surface area contributed by atoms with Crippen molar-refractivity contribution in [3.05, 3.63) is 34.4 Å². The van der Waals surface area contributed by atoms with E-state index in [1.165, 1.54) is 0 Å². The fourth-order valence-corrected chi connectivity index (χ4v) is 0.815. The monoisotopic (exact) mass is 176 g/mol. The molecule has 0 aliphatic carbocycles. The number of carbonyl (C=O) groups excluding carboxylic acids is 1. The molecule has 1 nitrogen and oxygen atoms in total. The summed E-state index contributed by atoms with van der Waals surface area (Å²) in [6.07, 6.45) is 0.300. The van der Waals surface area contributed by atoms with Gasteiger partial charge in [-0.1, -0.05) is 11.6 Å². The van der Waals surface area contributed by atoms with Gasteiger partial charge in [-0.2, -0.15) is 0 Å². The quantitative estimate of drug-likeness (QED) is 0.475. The molecule has 0 heterocycles. The summed E-state index contributed by atoms with van der Waals surface area (Å²) in [6, 6.07) is 1.49. The summed E-state index contributed by atoms with van der Waals surface area (Å²) in [7, 11) is 0. The standard InChI is InChI=1S/C7H3ClF2O/c8-7-4(3-11)1-5(9)2-6(7)10/h1-3H. The Kier molecular flexibility index (Phi) is 2.19. The molecule has 0 unspecified atom stereocenters. The summed E-state index contributed by atoms with van der Waals surface area (Å²) < 4.78 is 24.8. The van der Waals surface area contributed by atoms with Gasteiger partial charge in [-0.15, -0.1) is 0 Å². The van der Waals surface area contributed by atoms with Gasteiger partial charge in [0.15, 0.2) is 6.29 Å². The van der Waals surface area contributed by atoms with Crippen LogP contribution in [0.4, 0.5) is 8.78 Å². The molecule has 1 rings (SSSR count). The molecule has 0 saturated carbocycles. The lowest BCUT2D eigenvalue weighted by Gasteiger charge is -1.96. The van der Waals surface area contributed by atoms with E-state index in [1.54, 1.807) is 0 Å². The third kappa shape index (κ3) is 1.54. The molecule has 0 amide bonds. The molecular weight excluding hydrogens is 174 g/mol. The molecule has 0 aliphatic rings. The maximum absolute atomic E-state index is 12.5. The highest BCUT2D eigenvalue weighted by molar-refractivity contribution is 6.33. The van der Waals surface area contributed by atoms with Crippen LogP contribution in [0.3, 0.4) is 0 Å². The van der Waals surface area contributed by atoms with E-state index >= 15 is 0 Å². The number of hydrogen-bond donors (Lipinski definition) is 0. The van der Waals surface area contributed by atoms with E-state index < -0.39 is 11.6 Å². The average molecular weight is 177 g/mol. The molecule has 0 fully saturated rings. The number of hydrogen-bond acceptors (Lipinski definition) is 1. The minimum absolute atomic E-state index is 0.177. The van der Waals surface area contributed by atoms with Crippen molar-refractivity contribution in [2.75, 3.05) is 0 Å². The summed E-state index contributed by atoms with van der Waals surface area (Å²) in [5.41, 5.74) is -0.177. The highest BCUT2D eigenvalue weighted by Crippen LogP contribution is 2.19. The van der Waals surface area contributed by atoms with Gasteiger partial charge in [-0.25, -0.2) is 8.78 Å². The summed E-state index contributed by atoms with van der Waals surface area (Å²) in [5, 5.41) is -0.346. The Hall–Kier alpha value is -0.960. The average Bonchev–Trinajstić information content (AvgIpc) is 1.96. The van der Waals surface area contributed by atoms with Crippen LogP contribution in [0.5, 0.6) is 0 Å². The van der Waals surface area contributed by atoms with Gasteiger partial charge >= 0.3 is 0 Å². The molecule has 0 aliphatic heterocycles. The zero-order chi connectivity index (χ0) is 8.43. The third-order valence-electron chi connectivity index (χ3n) is 1.15. The Bertz CT molecular complexity index is 299. The van der Waals surface area contributed by atoms with Crippen molar-refractivity contribution in [1.29, 1.82) is 0 Å². The second kappa shape index (κ2) is 2.96. The molecule has 0 aromatic heterocycles. The SMILES string of the molecule is O=Cc1cc(F)cc(F)c1Cl. The second-order valence-electron chi connectivity index (χ2n) is 1.91. The lowest BCUT2D eigenvalue weighted by molar-refractivity contribution is 0.112. The summed E-state index contributed by atoms with van der Waals surface area (Å²) in [6.45, 7) is 0. The van der Waals surface area contributed by atoms with Crippen molar-refractivity contribution in [2.45, 2.75) is 0 Å². The van der Waals surface area contributed by atoms with Gasteiger partial charge in [0.1, 0.15) is 11.6 Å². The van der Waals surface area contributed by atoms with Crippen LogP contribution in [0.25, 0.3) is 0 Å². The van der Waals surface area contributed by atoms with Crippen molar-refractivity contribution in [3.8, 4) is 0 Å². The normalized spacial score (nSPS) is 9.73. The Morgan fingerprint density at radius 2 is 2.00 bits per heavy atom. The van der Waals surface area contributed by atoms with Crippen LogP contribution in [0.15, 0.2) is 12.1 Å². The maximum atomic E-state index is 12.5. The predicted molar refractivity (Wildman–Crippen MR) is 36.8 cm³/mol. The predicted octanol–water partition coefficient (Wildman–Crippen LogP) is 2.43. The molecule has 0 bridgehead atoms. The van der Waals surface area contributed by atoms with E-state index in [0.717, 1.165) is 6.07 Å². The summed E-state index contributed by atoms with van der Waals surface area (Å²) >= 11 is 5.29. The van der Waals surface area contributed by atoms with Gasteiger partial charge in [0.25, 0.3) is 0 Å². The zero-order valence-corrected chi connectivity index (χ0v) is 6.03. The molecule has 4 heteroatoms. The van der Waals surface area contributed by atoms with Crippen LogP contribution in [-0.2, 0) is 0 Å². The minimum Gasteiger partial charge on any atom is -0.298 e. The van der Waals surface area contributed by atoms with Gasteiger partial charge < -0.3 is 0 Å². The van der Waals surface area contributed by atoms with Crippen molar-refractivity contribution in [2.24, 2.45) is 0 Å². The van der Waals surface area contributed by atoms with Crippen LogP contribution in [0.2, 0.25) is 5.02 Å². The van der Waals surface area contributed by atoms with E-state index in [9.17, 15) is 13.6 Å². The Balaban J connectivity index is 3.35. The van der Waals surface area contributed by atoms with Crippen molar-refractivity contribution < 1.29 is 13.6 Å². The van der Waals surface area contributed by atoms with Gasteiger partial charge in [-0.05, 0) is 6.07 Å². The molecule has 1 aromatic rings. The van der Waals surface area contributed by atoms with Crippen LogP contribution in [0.1, 0.15) is 10.4 Å². The minimum atomic E-state index is -0.922. The van der Waals surface area contributed by atoms with Crippen molar-refractivity contribution >= 4 is 17.9 Å². The molecule has 58 valence electrons. The Morgan fingerprint density at radius 1 is 1.36 bits per heavy atom. The zero-order valence-electron chi connectivity index (χ0n) is 5.27. The number of carbonyl (C=O) groups is 1. The molecule has 0 N–H and O–H groups in total. The van der Waals surface area contributed by atoms with Gasteiger partial charge in [0.2, 0.25) is 0 Å². The molecule has 0 radical (unpaired) electrons. The van der Waals surface area contributed by atoms with Crippen LogP contribution >= 0.6 is 11.6 Å². The fraction of sp³-hybridized carbons (Fsp3) is 0. The van der Waals surface area contributed by atoms with E-state index in [-0.39, 0.29) is 10.6 Å². The first-order valence-electron chi connectivity index (χ1n) is 2.75. The lowest BCUT2D eigenvalue weighted by Crippen LogP contribution is -1.88. The summed E-state index contributed by atoms with van der Waals surface area (Å²) in [4.78, 5) is 10.1. The van der Waals surface area contributed by atoms with Crippen LogP contribution in [-0.4, -0.2) is 6.29 Å². The first-order valence-corrected chi connectivity index (χ1v) is 3.12. The Morgan fingerprint density at radius 3 is 2.55 bits per heavy atom. The van der Waals surface area contributed by atoms with Crippen LogP contribution < -0.4 is 0 Å². The Labute approximate surface area is 66.6 Å². The largest absolute Gasteiger partial charge is 0.298 e. The fourth-order valence-electron chi connectivity index (χ4n) is 0.662. The molecular formula is C7H3ClF2O. The molecule has 11 heavy (non-hydrogen) atoms. The first kappa shape index (κ1) is 8.14. The van der Waals surface area contributed by atoms with Gasteiger partial charge in [-0.3, -0.25) is 4.79 Å². The highest BCUT2D eigenvalue weighted by Gasteiger charge is 2.07. The van der Waals surface area contributed by atoms with Gasteiger partial charge in [0, 0.05) is 11.6 Å². The molecule has 1 aromatic carbocycles. The topological polar surface area (TPSA) is 17.1 Å². The highest BCUT2D eigenvalue weighted by atomic mass is 35.5. The van der Waals surface area contributed by atoms with Crippen LogP contribution in [0, 0.1) is 11.6 Å². The van der Waals surface area contributed by atoms with E-state index in [1.807, 2.05) is 0 Å². The van der Waals surface area contributed by atoms with E-state index in [4.69, 9.17) is 11.6 Å². The van der Waals surface area contributed by atoms with E-state index in [2.05, 4.69) is 0 Å². The van der Waals surface area contributed by atoms with Crippen molar-refractivity contribution in [1.82, 2.24) is 0 Å². The number of halogens is 3. The molecule has 0 atom stereocenters. The molecule has 0 spiro atoms.